The smallest absolute Gasteiger partial charge is 0.145 e. The number of aromatic nitrogens is 4. The van der Waals surface area contributed by atoms with E-state index in [0.29, 0.717) is 0 Å². The first-order valence-corrected chi connectivity index (χ1v) is 13.2. The Morgan fingerprint density at radius 1 is 0.500 bits per heavy atom. The molecule has 4 nitrogen and oxygen atoms in total. The first-order chi connectivity index (χ1) is 18.6. The summed E-state index contributed by atoms with van der Waals surface area (Å²) in [4.78, 5) is 10.2. The molecular weight excluding hydrogens is 464 g/mol. The normalized spacial score (nSPS) is 12.2. The number of fused-ring (bicyclic) bond motifs is 12. The molecule has 0 aliphatic heterocycles. The van der Waals surface area contributed by atoms with Crippen molar-refractivity contribution in [3.05, 3.63) is 120 Å². The first-order valence-electron chi connectivity index (χ1n) is 13.2. The molecule has 0 amide bonds. The zero-order chi connectivity index (χ0) is 25.4. The van der Waals surface area contributed by atoms with Crippen molar-refractivity contribution in [1.29, 1.82) is 0 Å². The van der Waals surface area contributed by atoms with Crippen molar-refractivity contribution < 1.29 is 0 Å². The van der Waals surface area contributed by atoms with Gasteiger partial charge in [0.15, 0.2) is 0 Å². The van der Waals surface area contributed by atoms with E-state index in [1.807, 2.05) is 0 Å². The van der Waals surface area contributed by atoms with E-state index in [9.17, 15) is 0 Å². The van der Waals surface area contributed by atoms with Crippen LogP contribution in [-0.4, -0.2) is 18.8 Å². The van der Waals surface area contributed by atoms with Crippen LogP contribution in [0, 0.1) is 13.8 Å². The number of benzene rings is 4. The number of imidazole rings is 2. The molecule has 4 heteroatoms. The highest BCUT2D eigenvalue weighted by Gasteiger charge is 2.14. The Hall–Kier alpha value is -4.70. The van der Waals surface area contributed by atoms with Crippen LogP contribution < -0.4 is 0 Å². The minimum atomic E-state index is 0.836. The highest BCUT2D eigenvalue weighted by Crippen LogP contribution is 2.32. The van der Waals surface area contributed by atoms with Crippen LogP contribution in [0.15, 0.2) is 97.3 Å². The van der Waals surface area contributed by atoms with Gasteiger partial charge in [0.05, 0.1) is 22.4 Å². The van der Waals surface area contributed by atoms with Gasteiger partial charge in [-0.2, -0.15) is 0 Å². The average Bonchev–Trinajstić information content (AvgIpc) is 3.57. The number of pyridine rings is 2. The molecule has 0 radical (unpaired) electrons. The molecule has 182 valence electrons. The summed E-state index contributed by atoms with van der Waals surface area (Å²) in [6.45, 7) is 4.31. The van der Waals surface area contributed by atoms with Crippen LogP contribution in [0.25, 0.3) is 54.6 Å². The molecule has 0 N–H and O–H groups in total. The first kappa shape index (κ1) is 21.4. The van der Waals surface area contributed by atoms with E-state index >= 15 is 0 Å². The summed E-state index contributed by atoms with van der Waals surface area (Å²) < 4.78 is 4.53. The Kier molecular flexibility index (Phi) is 4.45. The molecule has 0 atom stereocenters. The van der Waals surface area contributed by atoms with Crippen molar-refractivity contribution in [2.45, 2.75) is 26.7 Å². The van der Waals surface area contributed by atoms with Crippen LogP contribution in [0.3, 0.4) is 0 Å². The minimum Gasteiger partial charge on any atom is -0.299 e. The van der Waals surface area contributed by atoms with Crippen molar-refractivity contribution in [3.8, 4) is 0 Å². The van der Waals surface area contributed by atoms with Crippen LogP contribution >= 0.6 is 0 Å². The molecule has 0 aliphatic rings. The van der Waals surface area contributed by atoms with Gasteiger partial charge in [-0.3, -0.25) is 8.80 Å². The van der Waals surface area contributed by atoms with Crippen molar-refractivity contribution in [1.82, 2.24) is 18.8 Å². The van der Waals surface area contributed by atoms with Crippen molar-refractivity contribution in [3.63, 3.8) is 0 Å². The fourth-order valence-electron chi connectivity index (χ4n) is 6.08. The SMILES string of the molecule is Cc1ccc2c(c1)c1ccccc1c1nc(CCc3cn4c5ccc(C)cc5c5ccccc5c4n3)cn21. The molecule has 0 unspecified atom stereocenters. The van der Waals surface area contributed by atoms with E-state index < -0.39 is 0 Å². The molecule has 4 heterocycles. The summed E-state index contributed by atoms with van der Waals surface area (Å²) in [6.07, 6.45) is 6.09. The van der Waals surface area contributed by atoms with E-state index in [2.05, 4.69) is 120 Å². The van der Waals surface area contributed by atoms with Crippen molar-refractivity contribution >= 4 is 54.6 Å². The fourth-order valence-corrected chi connectivity index (χ4v) is 6.08. The molecule has 0 spiro atoms. The lowest BCUT2D eigenvalue weighted by molar-refractivity contribution is 0.901. The van der Waals surface area contributed by atoms with Crippen LogP contribution in [0.5, 0.6) is 0 Å². The summed E-state index contributed by atoms with van der Waals surface area (Å²) in [5.41, 5.74) is 9.15. The molecule has 4 aromatic carbocycles. The summed E-state index contributed by atoms with van der Waals surface area (Å²) in [7, 11) is 0. The quantitative estimate of drug-likeness (QED) is 0.235. The van der Waals surface area contributed by atoms with Gasteiger partial charge in [0.2, 0.25) is 0 Å². The Labute approximate surface area is 219 Å². The van der Waals surface area contributed by atoms with E-state index in [1.165, 1.54) is 54.5 Å². The summed E-state index contributed by atoms with van der Waals surface area (Å²) >= 11 is 0. The third kappa shape index (κ3) is 3.10. The second-order valence-electron chi connectivity index (χ2n) is 10.5. The Morgan fingerprint density at radius 2 is 0.921 bits per heavy atom. The summed E-state index contributed by atoms with van der Waals surface area (Å²) in [5.74, 6) is 0. The monoisotopic (exact) mass is 490 g/mol. The third-order valence-corrected chi connectivity index (χ3v) is 7.89. The van der Waals surface area contributed by atoms with Gasteiger partial charge in [0.25, 0.3) is 0 Å². The molecule has 4 aromatic heterocycles. The van der Waals surface area contributed by atoms with E-state index in [1.54, 1.807) is 0 Å². The summed E-state index contributed by atoms with van der Waals surface area (Å²) in [6, 6.07) is 30.6. The fraction of sp³-hybridized carbons (Fsp3) is 0.118. The summed E-state index contributed by atoms with van der Waals surface area (Å²) in [5, 5.41) is 7.43. The van der Waals surface area contributed by atoms with Gasteiger partial charge < -0.3 is 0 Å². The molecule has 0 saturated heterocycles. The third-order valence-electron chi connectivity index (χ3n) is 7.89. The number of hydrogen-bond donors (Lipinski definition) is 0. The Balaban J connectivity index is 1.25. The Morgan fingerprint density at radius 3 is 1.37 bits per heavy atom. The van der Waals surface area contributed by atoms with Gasteiger partial charge in [-0.25, -0.2) is 9.97 Å². The maximum atomic E-state index is 5.12. The molecule has 0 saturated carbocycles. The van der Waals surface area contributed by atoms with E-state index in [4.69, 9.17) is 9.97 Å². The molecule has 8 rings (SSSR count). The van der Waals surface area contributed by atoms with Gasteiger partial charge in [0.1, 0.15) is 11.3 Å². The molecule has 8 aromatic rings. The Bertz CT molecular complexity index is 2050. The van der Waals surface area contributed by atoms with Gasteiger partial charge >= 0.3 is 0 Å². The van der Waals surface area contributed by atoms with Gasteiger partial charge in [-0.1, -0.05) is 71.8 Å². The maximum Gasteiger partial charge on any atom is 0.145 e. The number of aryl methyl sites for hydroxylation is 4. The molecule has 0 aliphatic carbocycles. The van der Waals surface area contributed by atoms with Crippen molar-refractivity contribution in [2.24, 2.45) is 0 Å². The lowest BCUT2D eigenvalue weighted by Gasteiger charge is -2.08. The number of hydrogen-bond acceptors (Lipinski definition) is 2. The van der Waals surface area contributed by atoms with Crippen LogP contribution in [-0.2, 0) is 12.8 Å². The van der Waals surface area contributed by atoms with Crippen molar-refractivity contribution in [2.75, 3.05) is 0 Å². The maximum absolute atomic E-state index is 5.12. The van der Waals surface area contributed by atoms with Crippen LogP contribution in [0.1, 0.15) is 22.5 Å². The second kappa shape index (κ2) is 7.90. The van der Waals surface area contributed by atoms with Gasteiger partial charge in [0, 0.05) is 33.9 Å². The minimum absolute atomic E-state index is 0.836. The largest absolute Gasteiger partial charge is 0.299 e. The van der Waals surface area contributed by atoms with Crippen LogP contribution in [0.4, 0.5) is 0 Å². The molecule has 0 bridgehead atoms. The number of nitrogens with zero attached hydrogens (tertiary/aromatic N) is 4. The lowest BCUT2D eigenvalue weighted by atomic mass is 10.0. The van der Waals surface area contributed by atoms with Crippen LogP contribution in [0.2, 0.25) is 0 Å². The highest BCUT2D eigenvalue weighted by atomic mass is 15.0. The predicted octanol–water partition coefficient (Wildman–Crippen LogP) is 8.00. The van der Waals surface area contributed by atoms with E-state index in [0.717, 1.165) is 35.5 Å². The molecule has 0 fully saturated rings. The molecule has 38 heavy (non-hydrogen) atoms. The second-order valence-corrected chi connectivity index (χ2v) is 10.5. The van der Waals surface area contributed by atoms with Gasteiger partial charge in [-0.15, -0.1) is 0 Å². The lowest BCUT2D eigenvalue weighted by Crippen LogP contribution is -1.91. The van der Waals surface area contributed by atoms with E-state index in [-0.39, 0.29) is 0 Å². The standard InChI is InChI=1S/C34H26N4/c1-21-11-15-31-29(17-21)25-7-3-5-9-27(25)33-35-23(19-37(31)33)13-14-24-20-38-32-16-12-22(2)18-30(32)26-8-4-6-10-28(26)34(38)36-24/h3-12,15-20H,13-14H2,1-2H3. The topological polar surface area (TPSA) is 34.6 Å². The highest BCUT2D eigenvalue weighted by molar-refractivity contribution is 6.12. The predicted molar refractivity (Wildman–Crippen MR) is 157 cm³/mol. The molecular formula is C34H26N4. The van der Waals surface area contributed by atoms with Gasteiger partial charge in [-0.05, 0) is 61.7 Å². The average molecular weight is 491 g/mol. The zero-order valence-electron chi connectivity index (χ0n) is 21.4. The zero-order valence-corrected chi connectivity index (χ0v) is 21.4. The number of rotatable bonds is 3.